The van der Waals surface area contributed by atoms with Gasteiger partial charge in [0.1, 0.15) is 0 Å². The second-order valence-electron chi connectivity index (χ2n) is 7.63. The minimum atomic E-state index is 0.0142. The lowest BCUT2D eigenvalue weighted by Gasteiger charge is -2.52. The van der Waals surface area contributed by atoms with Crippen molar-refractivity contribution in [3.8, 4) is 0 Å². The van der Waals surface area contributed by atoms with Crippen LogP contribution in [-0.2, 0) is 0 Å². The zero-order valence-electron chi connectivity index (χ0n) is 12.6. The highest BCUT2D eigenvalue weighted by molar-refractivity contribution is 4.97. The van der Waals surface area contributed by atoms with Crippen LogP contribution in [0, 0.1) is 17.3 Å². The Labute approximate surface area is 119 Å². The second-order valence-corrected chi connectivity index (χ2v) is 7.63. The predicted molar refractivity (Wildman–Crippen MR) is 80.1 cm³/mol. The molecule has 0 aliphatic heterocycles. The van der Waals surface area contributed by atoms with E-state index in [1.165, 1.54) is 77.0 Å². The molecule has 3 rings (SSSR count). The highest BCUT2D eigenvalue weighted by Crippen LogP contribution is 2.56. The molecular weight excluding hydrogens is 232 g/mol. The van der Waals surface area contributed by atoms with Gasteiger partial charge >= 0.3 is 0 Å². The molecule has 0 aromatic carbocycles. The van der Waals surface area contributed by atoms with Gasteiger partial charge in [0, 0.05) is 0 Å². The van der Waals surface area contributed by atoms with E-state index in [1.54, 1.807) is 0 Å². The van der Waals surface area contributed by atoms with Crippen molar-refractivity contribution < 1.29 is 5.11 Å². The van der Waals surface area contributed by atoms with E-state index in [0.717, 1.165) is 24.7 Å². The smallest absolute Gasteiger partial charge is 0.0540 e. The summed E-state index contributed by atoms with van der Waals surface area (Å²) in [5.41, 5.74) is 0.639. The van der Waals surface area contributed by atoms with Crippen LogP contribution in [0.2, 0.25) is 0 Å². The fraction of sp³-hybridized carbons (Fsp3) is 1.00. The van der Waals surface area contributed by atoms with Gasteiger partial charge in [0.15, 0.2) is 0 Å². The standard InChI is InChI=1S/C18H32O/c19-17-11-13-18(14-12-17,15-7-3-1-4-8-15)16-9-5-2-6-10-16/h15-17,19H,1-14H2. The fourth-order valence-electron chi connectivity index (χ4n) is 5.64. The van der Waals surface area contributed by atoms with Crippen LogP contribution in [0.5, 0.6) is 0 Å². The van der Waals surface area contributed by atoms with Crippen molar-refractivity contribution in [3.63, 3.8) is 0 Å². The Balaban J connectivity index is 1.77. The average Bonchev–Trinajstić information content (AvgIpc) is 2.50. The van der Waals surface area contributed by atoms with Gasteiger partial charge in [0.25, 0.3) is 0 Å². The maximum absolute atomic E-state index is 9.94. The van der Waals surface area contributed by atoms with Crippen molar-refractivity contribution in [3.05, 3.63) is 0 Å². The minimum absolute atomic E-state index is 0.0142. The van der Waals surface area contributed by atoms with Gasteiger partial charge in [0.05, 0.1) is 6.10 Å². The molecule has 1 N–H and O–H groups in total. The van der Waals surface area contributed by atoms with E-state index in [-0.39, 0.29) is 6.10 Å². The van der Waals surface area contributed by atoms with E-state index < -0.39 is 0 Å². The fourth-order valence-corrected chi connectivity index (χ4v) is 5.64. The number of aliphatic hydroxyl groups excluding tert-OH is 1. The maximum Gasteiger partial charge on any atom is 0.0540 e. The summed E-state index contributed by atoms with van der Waals surface area (Å²) in [6, 6.07) is 0. The van der Waals surface area contributed by atoms with Gasteiger partial charge in [-0.1, -0.05) is 38.5 Å². The molecule has 0 spiro atoms. The summed E-state index contributed by atoms with van der Waals surface area (Å²) in [6.07, 6.45) is 19.7. The number of hydrogen-bond donors (Lipinski definition) is 1. The van der Waals surface area contributed by atoms with Crippen LogP contribution in [0.15, 0.2) is 0 Å². The summed E-state index contributed by atoms with van der Waals surface area (Å²) in [5, 5.41) is 9.94. The molecule has 0 bridgehead atoms. The highest BCUT2D eigenvalue weighted by atomic mass is 16.3. The van der Waals surface area contributed by atoms with Gasteiger partial charge in [-0.3, -0.25) is 0 Å². The first-order chi connectivity index (χ1) is 9.31. The summed E-state index contributed by atoms with van der Waals surface area (Å²) < 4.78 is 0. The third-order valence-electron chi connectivity index (χ3n) is 6.72. The van der Waals surface area contributed by atoms with E-state index in [4.69, 9.17) is 0 Å². The molecule has 0 radical (unpaired) electrons. The molecule has 0 unspecified atom stereocenters. The van der Waals surface area contributed by atoms with Gasteiger partial charge in [-0.05, 0) is 68.6 Å². The Morgan fingerprint density at radius 1 is 0.579 bits per heavy atom. The highest BCUT2D eigenvalue weighted by Gasteiger charge is 2.46. The molecule has 3 aliphatic carbocycles. The van der Waals surface area contributed by atoms with E-state index in [1.807, 2.05) is 0 Å². The number of aliphatic hydroxyl groups is 1. The summed E-state index contributed by atoms with van der Waals surface area (Å²) in [7, 11) is 0. The largest absolute Gasteiger partial charge is 0.393 e. The molecule has 0 saturated heterocycles. The molecule has 0 heterocycles. The average molecular weight is 264 g/mol. The van der Waals surface area contributed by atoms with Crippen LogP contribution in [-0.4, -0.2) is 11.2 Å². The summed E-state index contributed by atoms with van der Waals surface area (Å²) >= 11 is 0. The van der Waals surface area contributed by atoms with Gasteiger partial charge in [-0.25, -0.2) is 0 Å². The topological polar surface area (TPSA) is 20.2 Å². The summed E-state index contributed by atoms with van der Waals surface area (Å²) in [5.74, 6) is 1.99. The van der Waals surface area contributed by atoms with E-state index >= 15 is 0 Å². The zero-order chi connectivity index (χ0) is 13.1. The SMILES string of the molecule is OC1CCC(C2CCCCC2)(C2CCCCC2)CC1. The maximum atomic E-state index is 9.94. The van der Waals surface area contributed by atoms with E-state index in [0.29, 0.717) is 5.41 Å². The molecule has 19 heavy (non-hydrogen) atoms. The third kappa shape index (κ3) is 2.86. The lowest BCUT2D eigenvalue weighted by molar-refractivity contribution is -0.0441. The van der Waals surface area contributed by atoms with Gasteiger partial charge in [-0.15, -0.1) is 0 Å². The third-order valence-corrected chi connectivity index (χ3v) is 6.72. The predicted octanol–water partition coefficient (Wildman–Crippen LogP) is 5.07. The van der Waals surface area contributed by atoms with Crippen molar-refractivity contribution in [1.29, 1.82) is 0 Å². The van der Waals surface area contributed by atoms with Crippen LogP contribution in [0.4, 0.5) is 0 Å². The molecule has 3 fully saturated rings. The van der Waals surface area contributed by atoms with Crippen LogP contribution >= 0.6 is 0 Å². The molecule has 0 aromatic rings. The minimum Gasteiger partial charge on any atom is -0.393 e. The van der Waals surface area contributed by atoms with Crippen molar-refractivity contribution >= 4 is 0 Å². The van der Waals surface area contributed by atoms with Crippen molar-refractivity contribution in [1.82, 2.24) is 0 Å². The first kappa shape index (κ1) is 13.9. The molecular formula is C18H32O. The zero-order valence-corrected chi connectivity index (χ0v) is 12.6. The number of rotatable bonds is 2. The quantitative estimate of drug-likeness (QED) is 0.738. The summed E-state index contributed by atoms with van der Waals surface area (Å²) in [6.45, 7) is 0. The lowest BCUT2D eigenvalue weighted by atomic mass is 9.53. The molecule has 0 amide bonds. The van der Waals surface area contributed by atoms with Gasteiger partial charge < -0.3 is 5.11 Å². The molecule has 3 aliphatic rings. The van der Waals surface area contributed by atoms with Crippen LogP contribution in [0.3, 0.4) is 0 Å². The van der Waals surface area contributed by atoms with Crippen molar-refractivity contribution in [2.24, 2.45) is 17.3 Å². The first-order valence-electron chi connectivity index (χ1n) is 8.99. The molecule has 1 nitrogen and oxygen atoms in total. The Morgan fingerprint density at radius 2 is 1.00 bits per heavy atom. The van der Waals surface area contributed by atoms with E-state index in [9.17, 15) is 5.11 Å². The Hall–Kier alpha value is -0.0400. The molecule has 1 heteroatoms. The van der Waals surface area contributed by atoms with Crippen molar-refractivity contribution in [2.45, 2.75) is 96.0 Å². The Morgan fingerprint density at radius 3 is 1.42 bits per heavy atom. The molecule has 110 valence electrons. The van der Waals surface area contributed by atoms with Gasteiger partial charge in [0.2, 0.25) is 0 Å². The van der Waals surface area contributed by atoms with Gasteiger partial charge in [-0.2, -0.15) is 0 Å². The van der Waals surface area contributed by atoms with Crippen molar-refractivity contribution in [2.75, 3.05) is 0 Å². The lowest BCUT2D eigenvalue weighted by Crippen LogP contribution is -2.44. The van der Waals surface area contributed by atoms with Crippen LogP contribution in [0.25, 0.3) is 0 Å². The normalized spacial score (nSPS) is 31.4. The number of hydrogen-bond acceptors (Lipinski definition) is 1. The second kappa shape index (κ2) is 6.16. The summed E-state index contributed by atoms with van der Waals surface area (Å²) in [4.78, 5) is 0. The van der Waals surface area contributed by atoms with Crippen LogP contribution < -0.4 is 0 Å². The molecule has 0 aromatic heterocycles. The first-order valence-corrected chi connectivity index (χ1v) is 8.99. The van der Waals surface area contributed by atoms with E-state index in [2.05, 4.69) is 0 Å². The van der Waals surface area contributed by atoms with Crippen LogP contribution in [0.1, 0.15) is 89.9 Å². The Kier molecular flexibility index (Phi) is 4.51. The molecule has 3 saturated carbocycles. The molecule has 0 atom stereocenters. The Bertz CT molecular complexity index is 245. The monoisotopic (exact) mass is 264 g/mol.